The Balaban J connectivity index is 2.80. The lowest BCUT2D eigenvalue weighted by Gasteiger charge is -2.20. The molecule has 0 aliphatic carbocycles. The second-order valence-corrected chi connectivity index (χ2v) is 4.12. The summed E-state index contributed by atoms with van der Waals surface area (Å²) >= 11 is 0. The molecule has 1 rings (SSSR count). The van der Waals surface area contributed by atoms with Gasteiger partial charge in [0.2, 0.25) is 0 Å². The topological polar surface area (TPSA) is 64.3 Å². The van der Waals surface area contributed by atoms with Crippen LogP contribution in [-0.2, 0) is 4.79 Å². The number of carbonyl (C=O) groups is 1. The Morgan fingerprint density at radius 3 is 2.35 bits per heavy atom. The monoisotopic (exact) mass is 270 g/mol. The molecule has 4 nitrogen and oxygen atoms in total. The highest BCUT2D eigenvalue weighted by molar-refractivity contribution is 5.91. The fraction of sp³-hybridized carbons (Fsp3) is 0.250. The van der Waals surface area contributed by atoms with Gasteiger partial charge in [-0.15, -0.1) is 0 Å². The minimum absolute atomic E-state index is 0.277. The van der Waals surface area contributed by atoms with Crippen LogP contribution in [0, 0.1) is 11.3 Å². The van der Waals surface area contributed by atoms with E-state index in [1.165, 1.54) is 6.08 Å². The summed E-state index contributed by atoms with van der Waals surface area (Å²) in [7, 11) is 0. The molecule has 0 aliphatic rings. The molecule has 20 heavy (non-hydrogen) atoms. The molecular weight excluding hydrogens is 252 g/mol. The Morgan fingerprint density at radius 1 is 1.30 bits per heavy atom. The lowest BCUT2D eigenvalue weighted by Crippen LogP contribution is -2.21. The maximum atomic E-state index is 10.6. The molecule has 0 bridgehead atoms. The third kappa shape index (κ3) is 4.29. The number of hydrogen-bond acceptors (Lipinski definition) is 3. The van der Waals surface area contributed by atoms with E-state index in [1.807, 2.05) is 24.3 Å². The minimum Gasteiger partial charge on any atom is -0.477 e. The first-order chi connectivity index (χ1) is 9.62. The van der Waals surface area contributed by atoms with Gasteiger partial charge in [-0.1, -0.05) is 24.3 Å². The summed E-state index contributed by atoms with van der Waals surface area (Å²) in [6, 6.07) is 9.61. The van der Waals surface area contributed by atoms with Crippen molar-refractivity contribution in [2.45, 2.75) is 13.8 Å². The van der Waals surface area contributed by atoms with E-state index in [4.69, 9.17) is 10.4 Å². The van der Waals surface area contributed by atoms with Crippen LogP contribution >= 0.6 is 0 Å². The number of carboxylic acids is 1. The van der Waals surface area contributed by atoms with E-state index in [2.05, 4.69) is 18.7 Å². The SMILES string of the molecule is CCN(CC)c1ccc(/C=C/C=C(\C#N)C(=O)O)cc1. The highest BCUT2D eigenvalue weighted by Gasteiger charge is 2.03. The summed E-state index contributed by atoms with van der Waals surface area (Å²) in [5.74, 6) is -1.21. The number of nitrogens with zero attached hydrogens (tertiary/aromatic N) is 2. The number of carboxylic acid groups (broad SMARTS) is 1. The second kappa shape index (κ2) is 7.80. The van der Waals surface area contributed by atoms with E-state index in [0.717, 1.165) is 24.3 Å². The first kappa shape index (κ1) is 15.5. The Labute approximate surface area is 119 Å². The largest absolute Gasteiger partial charge is 0.477 e. The van der Waals surface area contributed by atoms with Gasteiger partial charge in [0.25, 0.3) is 0 Å². The normalized spacial score (nSPS) is 11.3. The van der Waals surface area contributed by atoms with Crippen LogP contribution in [0.15, 0.2) is 42.0 Å². The fourth-order valence-electron chi connectivity index (χ4n) is 1.80. The summed E-state index contributed by atoms with van der Waals surface area (Å²) in [6.45, 7) is 6.13. The molecule has 0 saturated heterocycles. The molecule has 0 atom stereocenters. The van der Waals surface area contributed by atoms with Crippen molar-refractivity contribution in [3.63, 3.8) is 0 Å². The molecule has 104 valence electrons. The predicted molar refractivity (Wildman–Crippen MR) is 80.4 cm³/mol. The van der Waals surface area contributed by atoms with Gasteiger partial charge in [0.15, 0.2) is 0 Å². The van der Waals surface area contributed by atoms with Crippen molar-refractivity contribution in [3.05, 3.63) is 47.6 Å². The highest BCUT2D eigenvalue weighted by atomic mass is 16.4. The van der Waals surface area contributed by atoms with E-state index < -0.39 is 5.97 Å². The fourth-order valence-corrected chi connectivity index (χ4v) is 1.80. The second-order valence-electron chi connectivity index (χ2n) is 4.12. The minimum atomic E-state index is -1.21. The maximum Gasteiger partial charge on any atom is 0.346 e. The quantitative estimate of drug-likeness (QED) is 0.490. The lowest BCUT2D eigenvalue weighted by molar-refractivity contribution is -0.132. The van der Waals surface area contributed by atoms with Crippen LogP contribution in [0.4, 0.5) is 5.69 Å². The van der Waals surface area contributed by atoms with Crippen LogP contribution in [0.5, 0.6) is 0 Å². The van der Waals surface area contributed by atoms with Crippen molar-refractivity contribution in [1.82, 2.24) is 0 Å². The summed E-state index contributed by atoms with van der Waals surface area (Å²) in [6.07, 6.45) is 4.63. The summed E-state index contributed by atoms with van der Waals surface area (Å²) in [5, 5.41) is 17.3. The zero-order valence-corrected chi connectivity index (χ0v) is 11.7. The molecule has 0 amide bonds. The van der Waals surface area contributed by atoms with Crippen LogP contribution in [0.3, 0.4) is 0 Å². The van der Waals surface area contributed by atoms with E-state index in [-0.39, 0.29) is 5.57 Å². The van der Waals surface area contributed by atoms with Gasteiger partial charge in [0.1, 0.15) is 11.6 Å². The Morgan fingerprint density at radius 2 is 1.90 bits per heavy atom. The molecule has 1 N–H and O–H groups in total. The Kier molecular flexibility index (Phi) is 6.05. The number of hydrogen-bond donors (Lipinski definition) is 1. The van der Waals surface area contributed by atoms with E-state index in [0.29, 0.717) is 0 Å². The number of aliphatic carboxylic acids is 1. The molecular formula is C16H18N2O2. The molecule has 0 unspecified atom stereocenters. The van der Waals surface area contributed by atoms with Crippen LogP contribution < -0.4 is 4.90 Å². The first-order valence-electron chi connectivity index (χ1n) is 6.49. The molecule has 0 radical (unpaired) electrons. The van der Waals surface area contributed by atoms with Gasteiger partial charge in [-0.2, -0.15) is 5.26 Å². The van der Waals surface area contributed by atoms with Gasteiger partial charge < -0.3 is 10.0 Å². The predicted octanol–water partition coefficient (Wildman–Crippen LogP) is 3.08. The smallest absolute Gasteiger partial charge is 0.346 e. The molecule has 1 aromatic carbocycles. The highest BCUT2D eigenvalue weighted by Crippen LogP contribution is 2.15. The van der Waals surface area contributed by atoms with Crippen molar-refractivity contribution < 1.29 is 9.90 Å². The van der Waals surface area contributed by atoms with Crippen molar-refractivity contribution in [1.29, 1.82) is 5.26 Å². The van der Waals surface area contributed by atoms with Crippen LogP contribution in [-0.4, -0.2) is 24.2 Å². The van der Waals surface area contributed by atoms with E-state index >= 15 is 0 Å². The Hall–Kier alpha value is -2.54. The molecule has 0 fully saturated rings. The summed E-state index contributed by atoms with van der Waals surface area (Å²) in [5.41, 5.74) is 1.84. The van der Waals surface area contributed by atoms with Gasteiger partial charge in [-0.25, -0.2) is 4.79 Å². The average molecular weight is 270 g/mol. The van der Waals surface area contributed by atoms with Gasteiger partial charge in [-0.05, 0) is 37.6 Å². The van der Waals surface area contributed by atoms with Crippen molar-refractivity contribution in [2.75, 3.05) is 18.0 Å². The lowest BCUT2D eigenvalue weighted by atomic mass is 10.1. The third-order valence-corrected chi connectivity index (χ3v) is 2.92. The number of rotatable bonds is 6. The number of allylic oxidation sites excluding steroid dienone is 2. The van der Waals surface area contributed by atoms with Crippen molar-refractivity contribution in [2.24, 2.45) is 0 Å². The van der Waals surface area contributed by atoms with Gasteiger partial charge >= 0.3 is 5.97 Å². The maximum absolute atomic E-state index is 10.6. The number of benzene rings is 1. The molecule has 1 aromatic rings. The van der Waals surface area contributed by atoms with Gasteiger partial charge in [-0.3, -0.25) is 0 Å². The average Bonchev–Trinajstić information content (AvgIpc) is 2.46. The van der Waals surface area contributed by atoms with Crippen LogP contribution in [0.1, 0.15) is 19.4 Å². The van der Waals surface area contributed by atoms with Crippen LogP contribution in [0.25, 0.3) is 6.08 Å². The van der Waals surface area contributed by atoms with Gasteiger partial charge in [0.05, 0.1) is 0 Å². The van der Waals surface area contributed by atoms with Crippen molar-refractivity contribution in [3.8, 4) is 6.07 Å². The molecule has 4 heteroatoms. The van der Waals surface area contributed by atoms with E-state index in [1.54, 1.807) is 18.2 Å². The molecule has 0 spiro atoms. The molecule has 0 heterocycles. The number of anilines is 1. The van der Waals surface area contributed by atoms with Crippen molar-refractivity contribution >= 4 is 17.7 Å². The summed E-state index contributed by atoms with van der Waals surface area (Å²) < 4.78 is 0. The molecule has 0 aliphatic heterocycles. The van der Waals surface area contributed by atoms with Gasteiger partial charge in [0, 0.05) is 18.8 Å². The Bertz CT molecular complexity index is 547. The zero-order chi connectivity index (χ0) is 15.0. The third-order valence-electron chi connectivity index (χ3n) is 2.92. The first-order valence-corrected chi connectivity index (χ1v) is 6.49. The number of nitriles is 1. The molecule has 0 aromatic heterocycles. The zero-order valence-electron chi connectivity index (χ0n) is 11.7. The van der Waals surface area contributed by atoms with E-state index in [9.17, 15) is 4.79 Å². The molecule has 0 saturated carbocycles. The summed E-state index contributed by atoms with van der Waals surface area (Å²) in [4.78, 5) is 12.9. The van der Waals surface area contributed by atoms with Crippen LogP contribution in [0.2, 0.25) is 0 Å². The standard InChI is InChI=1S/C16H18N2O2/c1-3-18(4-2)15-10-8-13(9-11-15)6-5-7-14(12-17)16(19)20/h5-11H,3-4H2,1-2H3,(H,19,20)/b6-5+,14-7+.